The predicted molar refractivity (Wildman–Crippen MR) is 69.9 cm³/mol. The molecule has 5 heteroatoms. The Morgan fingerprint density at radius 2 is 1.89 bits per heavy atom. The summed E-state index contributed by atoms with van der Waals surface area (Å²) in [5.74, 6) is 1.13. The second-order valence-corrected chi connectivity index (χ2v) is 4.23. The van der Waals surface area contributed by atoms with Crippen LogP contribution in [-0.4, -0.2) is 39.1 Å². The Morgan fingerprint density at radius 1 is 1.28 bits per heavy atom. The first-order valence-corrected chi connectivity index (χ1v) is 5.62. The molecule has 18 heavy (non-hydrogen) atoms. The fraction of sp³-hybridized carbons (Fsp3) is 0.462. The molecule has 1 aromatic carbocycles. The van der Waals surface area contributed by atoms with E-state index >= 15 is 0 Å². The predicted octanol–water partition coefficient (Wildman–Crippen LogP) is 1.10. The van der Waals surface area contributed by atoms with Gasteiger partial charge in [-0.15, -0.1) is 0 Å². The summed E-state index contributed by atoms with van der Waals surface area (Å²) < 4.78 is 10.6. The smallest absolute Gasteiger partial charge is 0.243 e. The van der Waals surface area contributed by atoms with E-state index in [1.165, 1.54) is 4.90 Å². The highest BCUT2D eigenvalue weighted by Gasteiger charge is 2.23. The van der Waals surface area contributed by atoms with Crippen LogP contribution in [0.4, 0.5) is 0 Å². The van der Waals surface area contributed by atoms with Crippen LogP contribution in [0.1, 0.15) is 17.2 Å². The number of ether oxygens (including phenoxy) is 2. The van der Waals surface area contributed by atoms with Gasteiger partial charge in [0.25, 0.3) is 0 Å². The monoisotopic (exact) mass is 252 g/mol. The molecule has 0 aromatic heterocycles. The summed E-state index contributed by atoms with van der Waals surface area (Å²) in [6.45, 7) is 1.87. The number of hydrogen-bond acceptors (Lipinski definition) is 4. The van der Waals surface area contributed by atoms with Crippen molar-refractivity contribution in [1.29, 1.82) is 0 Å². The van der Waals surface area contributed by atoms with Gasteiger partial charge in [0.15, 0.2) is 0 Å². The van der Waals surface area contributed by atoms with Crippen LogP contribution in [0.15, 0.2) is 12.1 Å². The van der Waals surface area contributed by atoms with Gasteiger partial charge in [0.05, 0.1) is 14.2 Å². The summed E-state index contributed by atoms with van der Waals surface area (Å²) in [6, 6.07) is 2.81. The molecule has 1 amide bonds. The van der Waals surface area contributed by atoms with Crippen molar-refractivity contribution in [1.82, 2.24) is 4.90 Å². The van der Waals surface area contributed by atoms with Gasteiger partial charge in [-0.3, -0.25) is 4.79 Å². The Bertz CT molecular complexity index is 444. The summed E-state index contributed by atoms with van der Waals surface area (Å²) in [6.07, 6.45) is 0. The van der Waals surface area contributed by atoms with E-state index in [-0.39, 0.29) is 5.91 Å². The number of benzene rings is 1. The molecule has 0 spiro atoms. The van der Waals surface area contributed by atoms with Crippen LogP contribution in [0.5, 0.6) is 11.5 Å². The number of nitrogens with two attached hydrogens (primary N) is 1. The average molecular weight is 252 g/mol. The van der Waals surface area contributed by atoms with E-state index in [0.717, 1.165) is 5.56 Å². The first kappa shape index (κ1) is 14.3. The van der Waals surface area contributed by atoms with E-state index in [9.17, 15) is 4.79 Å². The minimum Gasteiger partial charge on any atom is -0.496 e. The molecule has 0 saturated carbocycles. The van der Waals surface area contributed by atoms with E-state index in [4.69, 9.17) is 15.2 Å². The van der Waals surface area contributed by atoms with Gasteiger partial charge >= 0.3 is 0 Å². The highest BCUT2D eigenvalue weighted by Crippen LogP contribution is 2.34. The first-order valence-electron chi connectivity index (χ1n) is 5.62. The third-order valence-electron chi connectivity index (χ3n) is 2.85. The first-order chi connectivity index (χ1) is 8.43. The summed E-state index contributed by atoms with van der Waals surface area (Å²) in [5, 5.41) is 0. The Morgan fingerprint density at radius 3 is 2.33 bits per heavy atom. The number of amides is 1. The fourth-order valence-corrected chi connectivity index (χ4v) is 1.84. The number of hydrogen-bond donors (Lipinski definition) is 1. The summed E-state index contributed by atoms with van der Waals surface area (Å²) in [5.41, 5.74) is 7.46. The minimum atomic E-state index is -0.737. The van der Waals surface area contributed by atoms with Crippen molar-refractivity contribution >= 4 is 5.91 Å². The normalized spacial score (nSPS) is 11.9. The molecule has 0 radical (unpaired) electrons. The highest BCUT2D eigenvalue weighted by atomic mass is 16.5. The molecule has 0 aliphatic carbocycles. The van der Waals surface area contributed by atoms with Gasteiger partial charge in [0.2, 0.25) is 5.91 Å². The molecule has 1 atom stereocenters. The molecule has 1 unspecified atom stereocenters. The van der Waals surface area contributed by atoms with Crippen LogP contribution >= 0.6 is 0 Å². The number of methoxy groups -OCH3 is 2. The molecule has 1 rings (SSSR count). The molecule has 0 saturated heterocycles. The lowest BCUT2D eigenvalue weighted by atomic mass is 10.0. The van der Waals surface area contributed by atoms with E-state index in [0.29, 0.717) is 17.1 Å². The van der Waals surface area contributed by atoms with Crippen molar-refractivity contribution in [2.24, 2.45) is 5.73 Å². The van der Waals surface area contributed by atoms with Crippen molar-refractivity contribution < 1.29 is 14.3 Å². The fourth-order valence-electron chi connectivity index (χ4n) is 1.84. The SMILES string of the molecule is COc1ccc(C(N)C(=O)N(C)C)c(OC)c1C. The van der Waals surface area contributed by atoms with Crippen LogP contribution in [-0.2, 0) is 4.79 Å². The molecule has 5 nitrogen and oxygen atoms in total. The third-order valence-corrected chi connectivity index (χ3v) is 2.85. The summed E-state index contributed by atoms with van der Waals surface area (Å²) in [7, 11) is 6.49. The lowest BCUT2D eigenvalue weighted by molar-refractivity contribution is -0.130. The zero-order valence-corrected chi connectivity index (χ0v) is 11.5. The Kier molecular flexibility index (Phi) is 4.55. The summed E-state index contributed by atoms with van der Waals surface area (Å²) >= 11 is 0. The maximum atomic E-state index is 11.9. The van der Waals surface area contributed by atoms with E-state index < -0.39 is 6.04 Å². The Labute approximate surface area is 107 Å². The Balaban J connectivity index is 3.25. The Hall–Kier alpha value is -1.75. The molecular weight excluding hydrogens is 232 g/mol. The number of carbonyl (C=O) groups is 1. The molecular formula is C13H20N2O3. The maximum Gasteiger partial charge on any atom is 0.243 e. The standard InChI is InChI=1S/C13H20N2O3/c1-8-10(17-4)7-6-9(12(8)18-5)11(14)13(16)15(2)3/h6-7,11H,14H2,1-5H3. The van der Waals surface area contributed by atoms with Crippen LogP contribution < -0.4 is 15.2 Å². The molecule has 0 fully saturated rings. The van der Waals surface area contributed by atoms with Crippen LogP contribution in [0.2, 0.25) is 0 Å². The second-order valence-electron chi connectivity index (χ2n) is 4.23. The average Bonchev–Trinajstić information content (AvgIpc) is 2.36. The zero-order chi connectivity index (χ0) is 13.9. The lowest BCUT2D eigenvalue weighted by Gasteiger charge is -2.21. The van der Waals surface area contributed by atoms with Crippen LogP contribution in [0.3, 0.4) is 0 Å². The largest absolute Gasteiger partial charge is 0.496 e. The van der Waals surface area contributed by atoms with Crippen molar-refractivity contribution in [3.05, 3.63) is 23.3 Å². The highest BCUT2D eigenvalue weighted by molar-refractivity contribution is 5.83. The molecule has 1 aromatic rings. The topological polar surface area (TPSA) is 64.8 Å². The second kappa shape index (κ2) is 5.73. The van der Waals surface area contributed by atoms with Crippen LogP contribution in [0.25, 0.3) is 0 Å². The number of nitrogens with zero attached hydrogens (tertiary/aromatic N) is 1. The van der Waals surface area contributed by atoms with Gasteiger partial charge in [-0.05, 0) is 19.1 Å². The van der Waals surface area contributed by atoms with Gasteiger partial charge in [-0.2, -0.15) is 0 Å². The molecule has 0 aliphatic heterocycles. The van der Waals surface area contributed by atoms with Gasteiger partial charge in [-0.1, -0.05) is 0 Å². The van der Waals surface area contributed by atoms with E-state index in [1.807, 2.05) is 6.92 Å². The molecule has 0 heterocycles. The molecule has 0 aliphatic rings. The zero-order valence-electron chi connectivity index (χ0n) is 11.5. The number of likely N-dealkylation sites (N-methyl/N-ethyl adjacent to an activating group) is 1. The van der Waals surface area contributed by atoms with Crippen molar-refractivity contribution in [2.75, 3.05) is 28.3 Å². The van der Waals surface area contributed by atoms with E-state index in [1.54, 1.807) is 40.4 Å². The van der Waals surface area contributed by atoms with Crippen molar-refractivity contribution in [3.63, 3.8) is 0 Å². The van der Waals surface area contributed by atoms with Crippen molar-refractivity contribution in [2.45, 2.75) is 13.0 Å². The van der Waals surface area contributed by atoms with E-state index in [2.05, 4.69) is 0 Å². The number of carbonyl (C=O) groups excluding carboxylic acids is 1. The van der Waals surface area contributed by atoms with Gasteiger partial charge in [0.1, 0.15) is 17.5 Å². The molecule has 0 bridgehead atoms. The number of rotatable bonds is 4. The summed E-state index contributed by atoms with van der Waals surface area (Å²) in [4.78, 5) is 13.4. The maximum absolute atomic E-state index is 11.9. The molecule has 100 valence electrons. The minimum absolute atomic E-state index is 0.169. The van der Waals surface area contributed by atoms with Crippen molar-refractivity contribution in [3.8, 4) is 11.5 Å². The third kappa shape index (κ3) is 2.56. The molecule has 2 N–H and O–H groups in total. The lowest BCUT2D eigenvalue weighted by Crippen LogP contribution is -2.33. The quantitative estimate of drug-likeness (QED) is 0.871. The van der Waals surface area contributed by atoms with Gasteiger partial charge in [0, 0.05) is 25.2 Å². The van der Waals surface area contributed by atoms with Gasteiger partial charge in [-0.25, -0.2) is 0 Å². The van der Waals surface area contributed by atoms with Crippen LogP contribution in [0, 0.1) is 6.92 Å². The van der Waals surface area contributed by atoms with Gasteiger partial charge < -0.3 is 20.1 Å².